The zero-order valence-corrected chi connectivity index (χ0v) is 19.0. The molecule has 0 spiro atoms. The zero-order valence-electron chi connectivity index (χ0n) is 19.0. The summed E-state index contributed by atoms with van der Waals surface area (Å²) < 4.78 is 5.53. The van der Waals surface area contributed by atoms with Crippen LogP contribution in [0.3, 0.4) is 0 Å². The molecular formula is C27H25N3O5. The number of carboxylic acids is 1. The Bertz CT molecular complexity index is 1240. The van der Waals surface area contributed by atoms with Crippen molar-refractivity contribution in [3.8, 4) is 11.1 Å². The van der Waals surface area contributed by atoms with E-state index >= 15 is 0 Å². The minimum atomic E-state index is -0.944. The van der Waals surface area contributed by atoms with Gasteiger partial charge >= 0.3 is 12.1 Å². The molecule has 2 aromatic carbocycles. The van der Waals surface area contributed by atoms with Gasteiger partial charge in [-0.3, -0.25) is 14.9 Å². The van der Waals surface area contributed by atoms with E-state index in [2.05, 4.69) is 39.9 Å². The number of ether oxygens (including phenoxy) is 1. The van der Waals surface area contributed by atoms with Gasteiger partial charge in [-0.25, -0.2) is 9.78 Å². The quantitative estimate of drug-likeness (QED) is 0.465. The number of aromatic nitrogens is 1. The fraction of sp³-hybridized carbons (Fsp3) is 0.259. The molecule has 2 aliphatic carbocycles. The lowest BCUT2D eigenvalue weighted by Gasteiger charge is -2.41. The van der Waals surface area contributed by atoms with Crippen LogP contribution in [-0.2, 0) is 9.53 Å². The van der Waals surface area contributed by atoms with E-state index in [0.717, 1.165) is 28.7 Å². The van der Waals surface area contributed by atoms with Crippen molar-refractivity contribution in [2.45, 2.75) is 37.1 Å². The van der Waals surface area contributed by atoms with E-state index in [1.807, 2.05) is 24.3 Å². The van der Waals surface area contributed by atoms with Gasteiger partial charge in [0.05, 0.1) is 23.8 Å². The number of nitrogens with zero attached hydrogens (tertiary/aromatic N) is 1. The molecule has 3 N–H and O–H groups in total. The van der Waals surface area contributed by atoms with Crippen molar-refractivity contribution in [3.05, 3.63) is 83.7 Å². The maximum absolute atomic E-state index is 12.5. The maximum Gasteiger partial charge on any atom is 0.411 e. The summed E-state index contributed by atoms with van der Waals surface area (Å²) in [6, 6.07) is 19.3. The summed E-state index contributed by atoms with van der Waals surface area (Å²) in [5, 5.41) is 14.6. The van der Waals surface area contributed by atoms with E-state index in [1.54, 1.807) is 6.07 Å². The number of pyridine rings is 1. The van der Waals surface area contributed by atoms with Gasteiger partial charge in [0.2, 0.25) is 0 Å². The molecule has 2 aliphatic rings. The second kappa shape index (κ2) is 9.21. The lowest BCUT2D eigenvalue weighted by molar-refractivity contribution is -0.139. The second-order valence-corrected chi connectivity index (χ2v) is 9.04. The van der Waals surface area contributed by atoms with Crippen molar-refractivity contribution < 1.29 is 24.2 Å². The Labute approximate surface area is 202 Å². The molecule has 1 fully saturated rings. The molecule has 1 saturated carbocycles. The van der Waals surface area contributed by atoms with Crippen molar-refractivity contribution in [2.24, 2.45) is 0 Å². The van der Waals surface area contributed by atoms with Crippen LogP contribution in [0.2, 0.25) is 0 Å². The molecule has 0 aliphatic heterocycles. The van der Waals surface area contributed by atoms with Crippen LogP contribution in [0.4, 0.5) is 10.5 Å². The molecule has 8 nitrogen and oxygen atoms in total. The molecule has 0 bridgehead atoms. The largest absolute Gasteiger partial charge is 0.481 e. The molecule has 0 saturated heterocycles. The molecule has 5 rings (SSSR count). The lowest BCUT2D eigenvalue weighted by atomic mass is 9.74. The molecule has 0 radical (unpaired) electrons. The first-order chi connectivity index (χ1) is 16.9. The van der Waals surface area contributed by atoms with Crippen LogP contribution in [0.5, 0.6) is 0 Å². The Morgan fingerprint density at radius 3 is 2.17 bits per heavy atom. The zero-order chi connectivity index (χ0) is 24.4. The molecule has 2 amide bonds. The molecule has 0 atom stereocenters. The summed E-state index contributed by atoms with van der Waals surface area (Å²) in [4.78, 5) is 40.2. The molecular weight excluding hydrogens is 446 g/mol. The van der Waals surface area contributed by atoms with Crippen LogP contribution in [0.1, 0.15) is 53.2 Å². The van der Waals surface area contributed by atoms with Gasteiger partial charge in [-0.2, -0.15) is 0 Å². The molecule has 3 aromatic rings. The van der Waals surface area contributed by atoms with Crippen molar-refractivity contribution in [2.75, 3.05) is 11.9 Å². The van der Waals surface area contributed by atoms with E-state index in [9.17, 15) is 14.4 Å². The Morgan fingerprint density at radius 1 is 0.971 bits per heavy atom. The van der Waals surface area contributed by atoms with Gasteiger partial charge in [0.15, 0.2) is 0 Å². The number of anilines is 1. The fourth-order valence-corrected chi connectivity index (χ4v) is 4.90. The third-order valence-corrected chi connectivity index (χ3v) is 6.77. The number of fused-ring (bicyclic) bond motifs is 3. The first-order valence-electron chi connectivity index (χ1n) is 11.6. The topological polar surface area (TPSA) is 118 Å². The van der Waals surface area contributed by atoms with Crippen LogP contribution in [0.25, 0.3) is 11.1 Å². The summed E-state index contributed by atoms with van der Waals surface area (Å²) in [5.41, 5.74) is 4.41. The highest BCUT2D eigenvalue weighted by Crippen LogP contribution is 2.44. The number of hydrogen-bond acceptors (Lipinski definition) is 5. The number of rotatable bonds is 7. The Balaban J connectivity index is 1.18. The number of amides is 2. The predicted octanol–water partition coefficient (Wildman–Crippen LogP) is 4.57. The predicted molar refractivity (Wildman–Crippen MR) is 129 cm³/mol. The molecule has 1 aromatic heterocycles. The van der Waals surface area contributed by atoms with E-state index in [-0.39, 0.29) is 24.6 Å². The molecule has 1 heterocycles. The highest BCUT2D eigenvalue weighted by Gasteiger charge is 2.40. The first-order valence-corrected chi connectivity index (χ1v) is 11.6. The lowest BCUT2D eigenvalue weighted by Crippen LogP contribution is -2.54. The molecule has 35 heavy (non-hydrogen) atoms. The fourth-order valence-electron chi connectivity index (χ4n) is 4.90. The number of carbonyl (C=O) groups excluding carboxylic acids is 2. The average Bonchev–Trinajstić information content (AvgIpc) is 3.15. The minimum Gasteiger partial charge on any atom is -0.481 e. The number of carbonyl (C=O) groups is 3. The van der Waals surface area contributed by atoms with Gasteiger partial charge in [-0.05, 0) is 53.6 Å². The van der Waals surface area contributed by atoms with Crippen LogP contribution >= 0.6 is 0 Å². The van der Waals surface area contributed by atoms with Gasteiger partial charge in [0, 0.05) is 5.92 Å². The molecule has 178 valence electrons. The standard InChI is InChI=1S/C27H25N3O5/c31-24(32)14-27(12-5-13-27)30-25(33)23-11-10-17(15-28-23)29-26(34)35-16-22-20-8-3-1-6-18(20)19-7-2-4-9-21(19)22/h1-4,6-11,15,22H,5,12-14,16H2,(H,29,34)(H,30,33)(H,31,32). The molecule has 0 unspecified atom stereocenters. The number of carboxylic acid groups (broad SMARTS) is 1. The Hall–Kier alpha value is -4.20. The highest BCUT2D eigenvalue weighted by molar-refractivity contribution is 5.94. The van der Waals surface area contributed by atoms with E-state index in [1.165, 1.54) is 12.3 Å². The van der Waals surface area contributed by atoms with Crippen molar-refractivity contribution in [1.82, 2.24) is 10.3 Å². The summed E-state index contributed by atoms with van der Waals surface area (Å²) in [7, 11) is 0. The summed E-state index contributed by atoms with van der Waals surface area (Å²) in [6.45, 7) is 0.194. The average molecular weight is 472 g/mol. The van der Waals surface area contributed by atoms with Crippen LogP contribution in [-0.4, -0.2) is 40.2 Å². The first kappa shape index (κ1) is 22.6. The second-order valence-electron chi connectivity index (χ2n) is 9.04. The Kier molecular flexibility index (Phi) is 5.94. The Morgan fingerprint density at radius 2 is 1.63 bits per heavy atom. The van der Waals surface area contributed by atoms with Gasteiger partial charge in [-0.1, -0.05) is 48.5 Å². The van der Waals surface area contributed by atoms with Crippen molar-refractivity contribution in [3.63, 3.8) is 0 Å². The monoisotopic (exact) mass is 471 g/mol. The van der Waals surface area contributed by atoms with Crippen LogP contribution < -0.4 is 10.6 Å². The third kappa shape index (κ3) is 4.59. The maximum atomic E-state index is 12.5. The minimum absolute atomic E-state index is 0.0398. The highest BCUT2D eigenvalue weighted by atomic mass is 16.5. The number of benzene rings is 2. The number of nitrogens with one attached hydrogen (secondary N) is 2. The van der Waals surface area contributed by atoms with Crippen LogP contribution in [0, 0.1) is 0 Å². The number of hydrogen-bond donors (Lipinski definition) is 3. The van der Waals surface area contributed by atoms with Crippen molar-refractivity contribution in [1.29, 1.82) is 0 Å². The molecule has 8 heteroatoms. The summed E-state index contributed by atoms with van der Waals surface area (Å²) in [5.74, 6) is -1.42. The van der Waals surface area contributed by atoms with E-state index in [4.69, 9.17) is 9.84 Å². The van der Waals surface area contributed by atoms with Crippen LogP contribution in [0.15, 0.2) is 66.9 Å². The van der Waals surface area contributed by atoms with Gasteiger partial charge in [0.1, 0.15) is 12.3 Å². The van der Waals surface area contributed by atoms with Crippen molar-refractivity contribution >= 4 is 23.7 Å². The summed E-state index contributed by atoms with van der Waals surface area (Å²) >= 11 is 0. The SMILES string of the molecule is O=C(O)CC1(NC(=O)c2ccc(NC(=O)OCC3c4ccccc4-c4ccccc43)cn2)CCC1. The van der Waals surface area contributed by atoms with Gasteiger partial charge < -0.3 is 15.2 Å². The van der Waals surface area contributed by atoms with Gasteiger partial charge in [-0.15, -0.1) is 0 Å². The summed E-state index contributed by atoms with van der Waals surface area (Å²) in [6.07, 6.45) is 2.80. The normalized spacial score (nSPS) is 15.3. The van der Waals surface area contributed by atoms with E-state index < -0.39 is 23.5 Å². The van der Waals surface area contributed by atoms with Gasteiger partial charge in [0.25, 0.3) is 5.91 Å². The number of aliphatic carboxylic acids is 1. The third-order valence-electron chi connectivity index (χ3n) is 6.77. The smallest absolute Gasteiger partial charge is 0.411 e. The van der Waals surface area contributed by atoms with E-state index in [0.29, 0.717) is 18.5 Å².